The van der Waals surface area contributed by atoms with E-state index in [0.29, 0.717) is 5.25 Å². The van der Waals surface area contributed by atoms with Crippen molar-refractivity contribution in [2.75, 3.05) is 11.6 Å². The van der Waals surface area contributed by atoms with E-state index in [2.05, 4.69) is 6.92 Å². The number of halogens is 2. The van der Waals surface area contributed by atoms with Crippen molar-refractivity contribution < 1.29 is 0 Å². The van der Waals surface area contributed by atoms with E-state index >= 15 is 0 Å². The van der Waals surface area contributed by atoms with Crippen LogP contribution in [0.2, 0.25) is 0 Å². The second-order valence-electron chi connectivity index (χ2n) is 1.98. The first kappa shape index (κ1) is 10.7. The van der Waals surface area contributed by atoms with Gasteiger partial charge in [0.25, 0.3) is 0 Å². The molecule has 0 N–H and O–H groups in total. The Morgan fingerprint density at radius 1 is 1.60 bits per heavy atom. The summed E-state index contributed by atoms with van der Waals surface area (Å²) in [5, 5.41) is 0.644. The Morgan fingerprint density at radius 2 is 2.30 bits per heavy atom. The topological polar surface area (TPSA) is 0 Å². The Labute approximate surface area is 77.0 Å². The summed E-state index contributed by atoms with van der Waals surface area (Å²) < 4.78 is 0. The summed E-state index contributed by atoms with van der Waals surface area (Å²) in [6.45, 7) is 2.18. The summed E-state index contributed by atoms with van der Waals surface area (Å²) in [7, 11) is 0. The van der Waals surface area contributed by atoms with Gasteiger partial charge in [-0.1, -0.05) is 24.6 Å². The summed E-state index contributed by atoms with van der Waals surface area (Å²) in [5.74, 6) is 1.74. The van der Waals surface area contributed by atoms with Crippen molar-refractivity contribution in [2.24, 2.45) is 0 Å². The van der Waals surface area contributed by atoms with Crippen LogP contribution in [0.1, 0.15) is 13.3 Å². The lowest BCUT2D eigenvalue weighted by Gasteiger charge is -2.05. The fourth-order valence-electron chi connectivity index (χ4n) is 0.493. The lowest BCUT2D eigenvalue weighted by Crippen LogP contribution is -1.96. The summed E-state index contributed by atoms with van der Waals surface area (Å²) in [6.07, 6.45) is 3.01. The molecule has 0 aliphatic rings. The van der Waals surface area contributed by atoms with Crippen LogP contribution in [0.3, 0.4) is 0 Å². The van der Waals surface area contributed by atoms with Crippen LogP contribution in [0.25, 0.3) is 0 Å². The third-order valence-electron chi connectivity index (χ3n) is 1.08. The highest BCUT2D eigenvalue weighted by Crippen LogP contribution is 2.14. The first-order valence-electron chi connectivity index (χ1n) is 3.24. The van der Waals surface area contributed by atoms with Gasteiger partial charge < -0.3 is 0 Å². The smallest absolute Gasteiger partial charge is 0.0233 e. The normalized spacial score (nSPS) is 14.3. The van der Waals surface area contributed by atoms with E-state index in [9.17, 15) is 0 Å². The Morgan fingerprint density at radius 3 is 2.80 bits per heavy atom. The SMILES string of the molecule is CC(CCCl)SC/C=C/Cl. The second kappa shape index (κ2) is 7.77. The minimum atomic E-state index is 0.644. The van der Waals surface area contributed by atoms with E-state index in [-0.39, 0.29) is 0 Å². The average molecular weight is 199 g/mol. The van der Waals surface area contributed by atoms with Crippen LogP contribution in [0.5, 0.6) is 0 Å². The van der Waals surface area contributed by atoms with E-state index in [1.54, 1.807) is 5.54 Å². The van der Waals surface area contributed by atoms with Gasteiger partial charge in [-0.3, -0.25) is 0 Å². The predicted octanol–water partition coefficient (Wildman–Crippen LogP) is 3.49. The quantitative estimate of drug-likeness (QED) is 0.610. The summed E-state index contributed by atoms with van der Waals surface area (Å²) in [4.78, 5) is 0. The average Bonchev–Trinajstić information content (AvgIpc) is 1.89. The van der Waals surface area contributed by atoms with Crippen molar-refractivity contribution in [1.82, 2.24) is 0 Å². The number of alkyl halides is 1. The molecule has 0 aromatic rings. The summed E-state index contributed by atoms with van der Waals surface area (Å²) in [5.41, 5.74) is 1.56. The molecule has 0 fully saturated rings. The lowest BCUT2D eigenvalue weighted by molar-refractivity contribution is 0.914. The highest BCUT2D eigenvalue weighted by Gasteiger charge is 1.98. The van der Waals surface area contributed by atoms with Gasteiger partial charge in [0.15, 0.2) is 0 Å². The van der Waals surface area contributed by atoms with Crippen molar-refractivity contribution >= 4 is 35.0 Å². The molecule has 0 aliphatic heterocycles. The minimum Gasteiger partial charge on any atom is -0.155 e. The zero-order chi connectivity index (χ0) is 7.82. The zero-order valence-corrected chi connectivity index (χ0v) is 8.35. The molecule has 10 heavy (non-hydrogen) atoms. The molecule has 0 spiro atoms. The van der Waals surface area contributed by atoms with Gasteiger partial charge in [0, 0.05) is 22.4 Å². The molecule has 0 saturated carbocycles. The maximum absolute atomic E-state index is 5.55. The zero-order valence-electron chi connectivity index (χ0n) is 6.02. The van der Waals surface area contributed by atoms with Gasteiger partial charge in [-0.15, -0.1) is 11.6 Å². The van der Waals surface area contributed by atoms with E-state index in [4.69, 9.17) is 23.2 Å². The van der Waals surface area contributed by atoms with Crippen LogP contribution < -0.4 is 0 Å². The molecule has 0 bridgehead atoms. The third kappa shape index (κ3) is 6.79. The Bertz CT molecular complexity index is 93.6. The molecule has 1 unspecified atom stereocenters. The van der Waals surface area contributed by atoms with Crippen LogP contribution in [0, 0.1) is 0 Å². The fraction of sp³-hybridized carbons (Fsp3) is 0.714. The van der Waals surface area contributed by atoms with Crippen LogP contribution in [-0.2, 0) is 0 Å². The van der Waals surface area contributed by atoms with E-state index < -0.39 is 0 Å². The van der Waals surface area contributed by atoms with Gasteiger partial charge in [-0.05, 0) is 6.42 Å². The second-order valence-corrected chi connectivity index (χ2v) is 4.08. The van der Waals surface area contributed by atoms with Crippen molar-refractivity contribution in [3.8, 4) is 0 Å². The number of rotatable bonds is 5. The van der Waals surface area contributed by atoms with Crippen LogP contribution in [0.4, 0.5) is 0 Å². The maximum Gasteiger partial charge on any atom is 0.0233 e. The molecule has 0 aliphatic carbocycles. The monoisotopic (exact) mass is 198 g/mol. The van der Waals surface area contributed by atoms with Crippen molar-refractivity contribution in [3.05, 3.63) is 11.6 Å². The lowest BCUT2D eigenvalue weighted by atomic mass is 10.4. The third-order valence-corrected chi connectivity index (χ3v) is 2.67. The Kier molecular flexibility index (Phi) is 8.29. The van der Waals surface area contributed by atoms with Gasteiger partial charge in [-0.2, -0.15) is 11.8 Å². The molecule has 0 amide bonds. The van der Waals surface area contributed by atoms with Crippen LogP contribution in [0.15, 0.2) is 11.6 Å². The number of thioether (sulfide) groups is 1. The number of hydrogen-bond acceptors (Lipinski definition) is 1. The van der Waals surface area contributed by atoms with Crippen LogP contribution >= 0.6 is 35.0 Å². The first-order chi connectivity index (χ1) is 4.81. The van der Waals surface area contributed by atoms with Gasteiger partial charge in [0.05, 0.1) is 0 Å². The predicted molar refractivity (Wildman–Crippen MR) is 52.3 cm³/mol. The molecule has 0 aromatic heterocycles. The van der Waals surface area contributed by atoms with Gasteiger partial charge >= 0.3 is 0 Å². The molecular formula is C7H12Cl2S. The highest BCUT2D eigenvalue weighted by atomic mass is 35.5. The van der Waals surface area contributed by atoms with Gasteiger partial charge in [0.2, 0.25) is 0 Å². The van der Waals surface area contributed by atoms with E-state index in [1.165, 1.54) is 0 Å². The molecule has 3 heteroatoms. The molecule has 0 aromatic carbocycles. The molecule has 0 nitrogen and oxygen atoms in total. The van der Waals surface area contributed by atoms with Gasteiger partial charge in [0.1, 0.15) is 0 Å². The molecular weight excluding hydrogens is 187 g/mol. The highest BCUT2D eigenvalue weighted by molar-refractivity contribution is 8.00. The van der Waals surface area contributed by atoms with Crippen LogP contribution in [-0.4, -0.2) is 16.9 Å². The Hall–Kier alpha value is 0.670. The largest absolute Gasteiger partial charge is 0.155 e. The van der Waals surface area contributed by atoms with E-state index in [1.807, 2.05) is 17.8 Å². The summed E-state index contributed by atoms with van der Waals surface area (Å²) >= 11 is 12.8. The first-order valence-corrected chi connectivity index (χ1v) is 5.26. The molecule has 0 heterocycles. The molecule has 0 saturated heterocycles. The maximum atomic E-state index is 5.55. The van der Waals surface area contributed by atoms with Gasteiger partial charge in [-0.25, -0.2) is 0 Å². The molecule has 0 rings (SSSR count). The van der Waals surface area contributed by atoms with Crippen molar-refractivity contribution in [1.29, 1.82) is 0 Å². The molecule has 1 atom stereocenters. The van der Waals surface area contributed by atoms with E-state index in [0.717, 1.165) is 18.1 Å². The minimum absolute atomic E-state index is 0.644. The number of hydrogen-bond donors (Lipinski definition) is 0. The Balaban J connectivity index is 3.12. The summed E-state index contributed by atoms with van der Waals surface area (Å²) in [6, 6.07) is 0. The fourth-order valence-corrected chi connectivity index (χ4v) is 1.97. The molecule has 60 valence electrons. The molecule has 0 radical (unpaired) electrons. The van der Waals surface area contributed by atoms with Crippen molar-refractivity contribution in [2.45, 2.75) is 18.6 Å². The van der Waals surface area contributed by atoms with Crippen molar-refractivity contribution in [3.63, 3.8) is 0 Å². The standard InChI is InChI=1S/C7H12Cl2S/c1-7(3-5-9)10-6-2-4-8/h2,4,7H,3,5-6H2,1H3/b4-2+.